The van der Waals surface area contributed by atoms with E-state index in [4.69, 9.17) is 0 Å². The number of hydrogen-bond donors (Lipinski definition) is 2. The van der Waals surface area contributed by atoms with Gasteiger partial charge in [0.2, 0.25) is 0 Å². The fourth-order valence-corrected chi connectivity index (χ4v) is 4.52. The molecular formula is C14H22N2O4S. The van der Waals surface area contributed by atoms with Crippen LogP contribution < -0.4 is 0 Å². The summed E-state index contributed by atoms with van der Waals surface area (Å²) in [7, 11) is -2.94. The smallest absolute Gasteiger partial charge is 0.151 e. The van der Waals surface area contributed by atoms with Crippen molar-refractivity contribution in [2.45, 2.75) is 39.5 Å². The Labute approximate surface area is 125 Å². The molecule has 21 heavy (non-hydrogen) atoms. The van der Waals surface area contributed by atoms with E-state index in [1.807, 2.05) is 11.8 Å². The highest BCUT2D eigenvalue weighted by Crippen LogP contribution is 2.27. The third-order valence-corrected chi connectivity index (χ3v) is 5.84. The molecule has 1 aliphatic heterocycles. The Bertz CT molecular complexity index is 616. The van der Waals surface area contributed by atoms with Crippen LogP contribution in [0.2, 0.25) is 0 Å². The van der Waals surface area contributed by atoms with Gasteiger partial charge in [-0.05, 0) is 19.9 Å². The van der Waals surface area contributed by atoms with Crippen molar-refractivity contribution in [3.63, 3.8) is 0 Å². The number of aromatic hydroxyl groups is 1. The minimum atomic E-state index is -2.94. The first-order chi connectivity index (χ1) is 9.88. The average Bonchev–Trinajstić information content (AvgIpc) is 2.80. The molecule has 0 radical (unpaired) electrons. The maximum absolute atomic E-state index is 11.6. The second kappa shape index (κ2) is 6.29. The molecule has 0 unspecified atom stereocenters. The van der Waals surface area contributed by atoms with E-state index < -0.39 is 9.84 Å². The number of aromatic nitrogens is 1. The van der Waals surface area contributed by atoms with Crippen LogP contribution in [0.5, 0.6) is 5.75 Å². The largest absolute Gasteiger partial charge is 0.506 e. The Hall–Kier alpha value is -1.18. The summed E-state index contributed by atoms with van der Waals surface area (Å²) in [5.41, 5.74) is 1.73. The van der Waals surface area contributed by atoms with Gasteiger partial charge in [0.05, 0.1) is 23.8 Å². The fourth-order valence-electron chi connectivity index (χ4n) is 2.76. The Morgan fingerprint density at radius 3 is 2.71 bits per heavy atom. The summed E-state index contributed by atoms with van der Waals surface area (Å²) in [5, 5.41) is 19.6. The van der Waals surface area contributed by atoms with Crippen molar-refractivity contribution >= 4 is 9.84 Å². The molecule has 2 N–H and O–H groups in total. The number of rotatable bonds is 5. The lowest BCUT2D eigenvalue weighted by Crippen LogP contribution is -2.35. The zero-order valence-corrected chi connectivity index (χ0v) is 13.2. The number of pyridine rings is 1. The van der Waals surface area contributed by atoms with E-state index in [9.17, 15) is 18.6 Å². The molecule has 0 amide bonds. The molecule has 0 saturated carbocycles. The number of aryl methyl sites for hydroxylation is 1. The highest BCUT2D eigenvalue weighted by molar-refractivity contribution is 7.91. The second-order valence-corrected chi connectivity index (χ2v) is 7.70. The molecule has 0 spiro atoms. The molecule has 1 saturated heterocycles. The lowest BCUT2D eigenvalue weighted by atomic mass is 10.1. The standard InChI is InChI=1S/C14H22N2O4S/c1-3-16(12-4-5-21(19,20)9-12)7-13-11(8-17)6-15-10(2)14(13)18/h6,12,17-18H,3-5,7-9H2,1-2H3/t12-/m0/s1. The minimum Gasteiger partial charge on any atom is -0.506 e. The van der Waals surface area contributed by atoms with E-state index in [1.165, 1.54) is 0 Å². The van der Waals surface area contributed by atoms with E-state index in [1.54, 1.807) is 13.1 Å². The first-order valence-corrected chi connectivity index (χ1v) is 8.91. The third kappa shape index (κ3) is 3.53. The summed E-state index contributed by atoms with van der Waals surface area (Å²) in [6, 6.07) is -0.0283. The van der Waals surface area contributed by atoms with Crippen LogP contribution in [0, 0.1) is 6.92 Å². The summed E-state index contributed by atoms with van der Waals surface area (Å²) in [4.78, 5) is 6.08. The molecule has 7 heteroatoms. The maximum atomic E-state index is 11.6. The van der Waals surface area contributed by atoms with Gasteiger partial charge in [-0.3, -0.25) is 9.88 Å². The number of hydrogen-bond acceptors (Lipinski definition) is 6. The van der Waals surface area contributed by atoms with Gasteiger partial charge in [0.15, 0.2) is 9.84 Å². The SMILES string of the molecule is CCN(Cc1c(CO)cnc(C)c1O)[C@H]1CCS(=O)(=O)C1. The van der Waals surface area contributed by atoms with Gasteiger partial charge in [-0.1, -0.05) is 6.92 Å². The summed E-state index contributed by atoms with van der Waals surface area (Å²) < 4.78 is 23.3. The van der Waals surface area contributed by atoms with E-state index >= 15 is 0 Å². The van der Waals surface area contributed by atoms with Crippen LogP contribution in [0.15, 0.2) is 6.20 Å². The van der Waals surface area contributed by atoms with Crippen molar-refractivity contribution in [3.8, 4) is 5.75 Å². The molecule has 0 aromatic carbocycles. The normalized spacial score (nSPS) is 21.0. The highest BCUT2D eigenvalue weighted by atomic mass is 32.2. The van der Waals surface area contributed by atoms with Gasteiger partial charge in [0.25, 0.3) is 0 Å². The number of aliphatic hydroxyl groups excluding tert-OH is 1. The van der Waals surface area contributed by atoms with E-state index in [0.29, 0.717) is 36.3 Å². The van der Waals surface area contributed by atoms with Crippen LogP contribution in [-0.4, -0.2) is 52.6 Å². The van der Waals surface area contributed by atoms with Gasteiger partial charge in [-0.25, -0.2) is 8.42 Å². The first kappa shape index (κ1) is 16.2. The van der Waals surface area contributed by atoms with Crippen LogP contribution >= 0.6 is 0 Å². The van der Waals surface area contributed by atoms with Gasteiger partial charge in [-0.2, -0.15) is 0 Å². The van der Waals surface area contributed by atoms with Crippen molar-refractivity contribution in [2.75, 3.05) is 18.1 Å². The quantitative estimate of drug-likeness (QED) is 0.827. The van der Waals surface area contributed by atoms with Gasteiger partial charge >= 0.3 is 0 Å². The Morgan fingerprint density at radius 2 is 2.19 bits per heavy atom. The molecule has 1 atom stereocenters. The van der Waals surface area contributed by atoms with Crippen molar-refractivity contribution in [2.24, 2.45) is 0 Å². The van der Waals surface area contributed by atoms with Crippen molar-refractivity contribution in [1.82, 2.24) is 9.88 Å². The molecular weight excluding hydrogens is 292 g/mol. The molecule has 0 aliphatic carbocycles. The second-order valence-electron chi connectivity index (χ2n) is 5.47. The first-order valence-electron chi connectivity index (χ1n) is 7.09. The molecule has 2 rings (SSSR count). The summed E-state index contributed by atoms with van der Waals surface area (Å²) in [6.45, 7) is 4.58. The lowest BCUT2D eigenvalue weighted by Gasteiger charge is -2.27. The van der Waals surface area contributed by atoms with Crippen LogP contribution in [0.3, 0.4) is 0 Å². The number of sulfone groups is 1. The number of nitrogens with zero attached hydrogens (tertiary/aromatic N) is 2. The minimum absolute atomic E-state index is 0.0283. The molecule has 1 aromatic heterocycles. The van der Waals surface area contributed by atoms with Crippen LogP contribution in [0.25, 0.3) is 0 Å². The van der Waals surface area contributed by atoms with E-state index in [0.717, 1.165) is 0 Å². The fraction of sp³-hybridized carbons (Fsp3) is 0.643. The summed E-state index contributed by atoms with van der Waals surface area (Å²) >= 11 is 0. The Morgan fingerprint density at radius 1 is 1.48 bits per heavy atom. The van der Waals surface area contributed by atoms with Gasteiger partial charge in [-0.15, -0.1) is 0 Å². The molecule has 1 aromatic rings. The van der Waals surface area contributed by atoms with Gasteiger partial charge in [0, 0.05) is 29.9 Å². The van der Waals surface area contributed by atoms with Gasteiger partial charge < -0.3 is 10.2 Å². The van der Waals surface area contributed by atoms with Crippen molar-refractivity contribution in [3.05, 3.63) is 23.0 Å². The Balaban J connectivity index is 2.25. The average molecular weight is 314 g/mol. The van der Waals surface area contributed by atoms with Crippen LogP contribution in [0.4, 0.5) is 0 Å². The predicted octanol–water partition coefficient (Wildman–Crippen LogP) is 0.597. The van der Waals surface area contributed by atoms with Crippen molar-refractivity contribution in [1.29, 1.82) is 0 Å². The molecule has 1 fully saturated rings. The predicted molar refractivity (Wildman–Crippen MR) is 79.7 cm³/mol. The third-order valence-electron chi connectivity index (χ3n) is 4.09. The maximum Gasteiger partial charge on any atom is 0.151 e. The van der Waals surface area contributed by atoms with Crippen LogP contribution in [0.1, 0.15) is 30.2 Å². The topological polar surface area (TPSA) is 90.7 Å². The summed E-state index contributed by atoms with van der Waals surface area (Å²) in [5.74, 6) is 0.475. The monoisotopic (exact) mass is 314 g/mol. The highest BCUT2D eigenvalue weighted by Gasteiger charge is 2.32. The molecule has 0 bridgehead atoms. The molecule has 6 nitrogen and oxygen atoms in total. The van der Waals surface area contributed by atoms with Crippen molar-refractivity contribution < 1.29 is 18.6 Å². The number of aliphatic hydroxyl groups is 1. The van der Waals surface area contributed by atoms with Gasteiger partial charge in [0.1, 0.15) is 5.75 Å². The zero-order chi connectivity index (χ0) is 15.6. The lowest BCUT2D eigenvalue weighted by molar-refractivity contribution is 0.208. The molecule has 118 valence electrons. The van der Waals surface area contributed by atoms with E-state index in [2.05, 4.69) is 4.98 Å². The van der Waals surface area contributed by atoms with E-state index in [-0.39, 0.29) is 29.9 Å². The molecule has 1 aliphatic rings. The Kier molecular flexibility index (Phi) is 4.85. The van der Waals surface area contributed by atoms with Crippen LogP contribution in [-0.2, 0) is 23.0 Å². The summed E-state index contributed by atoms with van der Waals surface area (Å²) in [6.07, 6.45) is 2.18. The molecule has 2 heterocycles. The zero-order valence-electron chi connectivity index (χ0n) is 12.4.